The van der Waals surface area contributed by atoms with Crippen LogP contribution in [0.15, 0.2) is 24.3 Å². The zero-order chi connectivity index (χ0) is 18.9. The largest absolute Gasteiger partial charge is 0.497 e. The van der Waals surface area contributed by atoms with Crippen LogP contribution < -0.4 is 4.74 Å². The summed E-state index contributed by atoms with van der Waals surface area (Å²) in [5, 5.41) is 0. The van der Waals surface area contributed by atoms with Gasteiger partial charge in [-0.3, -0.25) is 4.79 Å². The first-order chi connectivity index (χ1) is 12.3. The molecule has 2 atom stereocenters. The highest BCUT2D eigenvalue weighted by Gasteiger charge is 2.44. The summed E-state index contributed by atoms with van der Waals surface area (Å²) in [6, 6.07) is 7.53. The summed E-state index contributed by atoms with van der Waals surface area (Å²) in [6.07, 6.45) is 4.18. The fourth-order valence-corrected chi connectivity index (χ4v) is 4.22. The van der Waals surface area contributed by atoms with Crippen LogP contribution in [0.25, 0.3) is 0 Å². The lowest BCUT2D eigenvalue weighted by Gasteiger charge is -2.48. The van der Waals surface area contributed by atoms with Crippen molar-refractivity contribution in [2.24, 2.45) is 5.92 Å². The Morgan fingerprint density at radius 3 is 2.35 bits per heavy atom. The van der Waals surface area contributed by atoms with Crippen LogP contribution in [0.2, 0.25) is 0 Å². The van der Waals surface area contributed by atoms with Crippen LogP contribution in [0.1, 0.15) is 63.2 Å². The van der Waals surface area contributed by atoms with Crippen molar-refractivity contribution in [3.05, 3.63) is 29.8 Å². The molecule has 3 rings (SSSR count). The lowest BCUT2D eigenvalue weighted by atomic mass is 9.76. The van der Waals surface area contributed by atoms with Gasteiger partial charge in [0.05, 0.1) is 7.11 Å². The van der Waals surface area contributed by atoms with Crippen LogP contribution in [0.5, 0.6) is 5.75 Å². The van der Waals surface area contributed by atoms with Crippen LogP contribution in [0.3, 0.4) is 0 Å². The highest BCUT2D eigenvalue weighted by Crippen LogP contribution is 2.39. The Kier molecular flexibility index (Phi) is 5.26. The molecule has 2 fully saturated rings. The minimum absolute atomic E-state index is 0.0453. The molecule has 0 aliphatic carbocycles. The zero-order valence-corrected chi connectivity index (χ0v) is 16.2. The number of carbonyl (C=O) groups is 2. The van der Waals surface area contributed by atoms with Crippen molar-refractivity contribution >= 4 is 11.9 Å². The number of Topliss-reactive ketones (excluding diaryl/α,β-unsaturated/α-hetero) is 1. The summed E-state index contributed by atoms with van der Waals surface area (Å²) >= 11 is 0. The maximum absolute atomic E-state index is 13.0. The molecule has 2 aliphatic rings. The Hall–Kier alpha value is -2.04. The highest BCUT2D eigenvalue weighted by atomic mass is 16.6. The molecule has 2 heterocycles. The van der Waals surface area contributed by atoms with E-state index in [1.807, 2.05) is 43.9 Å². The molecule has 2 unspecified atom stereocenters. The van der Waals surface area contributed by atoms with Crippen molar-refractivity contribution < 1.29 is 19.1 Å². The molecule has 1 amide bonds. The second kappa shape index (κ2) is 7.29. The van der Waals surface area contributed by atoms with Gasteiger partial charge in [-0.1, -0.05) is 12.1 Å². The third-order valence-electron chi connectivity index (χ3n) is 5.30. The normalized spacial score (nSPS) is 25.5. The van der Waals surface area contributed by atoms with Crippen LogP contribution in [-0.2, 0) is 4.74 Å². The number of hydrogen-bond acceptors (Lipinski definition) is 4. The molecule has 5 nitrogen and oxygen atoms in total. The SMILES string of the molecule is COc1cccc(C(=O)C2CC3CCCC(C2)N3C(=O)OC(C)(C)C)c1. The number of benzene rings is 1. The molecule has 2 bridgehead atoms. The van der Waals surface area contributed by atoms with E-state index in [1.165, 1.54) is 0 Å². The molecular formula is C21H29NO4. The van der Waals surface area contributed by atoms with Gasteiger partial charge in [-0.05, 0) is 65.0 Å². The van der Waals surface area contributed by atoms with E-state index in [-0.39, 0.29) is 29.9 Å². The number of amides is 1. The van der Waals surface area contributed by atoms with Crippen LogP contribution in [-0.4, -0.2) is 41.6 Å². The molecule has 142 valence electrons. The first-order valence-electron chi connectivity index (χ1n) is 9.48. The topological polar surface area (TPSA) is 55.8 Å². The van der Waals surface area contributed by atoms with E-state index < -0.39 is 5.60 Å². The number of hydrogen-bond donors (Lipinski definition) is 0. The molecule has 0 radical (unpaired) electrons. The molecule has 26 heavy (non-hydrogen) atoms. The quantitative estimate of drug-likeness (QED) is 0.749. The summed E-state index contributed by atoms with van der Waals surface area (Å²) < 4.78 is 10.8. The number of ether oxygens (including phenoxy) is 2. The van der Waals surface area contributed by atoms with Gasteiger partial charge in [0, 0.05) is 23.6 Å². The Morgan fingerprint density at radius 1 is 1.12 bits per heavy atom. The minimum Gasteiger partial charge on any atom is -0.497 e. The molecule has 0 spiro atoms. The van der Waals surface area contributed by atoms with Gasteiger partial charge < -0.3 is 14.4 Å². The fourth-order valence-electron chi connectivity index (χ4n) is 4.22. The third kappa shape index (κ3) is 4.02. The fraction of sp³-hybridized carbons (Fsp3) is 0.619. The molecule has 2 aliphatic heterocycles. The van der Waals surface area contributed by atoms with E-state index in [0.717, 1.165) is 19.3 Å². The number of rotatable bonds is 3. The van der Waals surface area contributed by atoms with E-state index in [9.17, 15) is 9.59 Å². The number of carbonyl (C=O) groups excluding carboxylic acids is 2. The van der Waals surface area contributed by atoms with Gasteiger partial charge in [0.1, 0.15) is 11.4 Å². The summed E-state index contributed by atoms with van der Waals surface area (Å²) in [5.74, 6) is 0.808. The van der Waals surface area contributed by atoms with Crippen molar-refractivity contribution in [3.8, 4) is 5.75 Å². The van der Waals surface area contributed by atoms with Crippen LogP contribution >= 0.6 is 0 Å². The summed E-state index contributed by atoms with van der Waals surface area (Å²) in [5.41, 5.74) is 0.191. The van der Waals surface area contributed by atoms with Crippen LogP contribution in [0.4, 0.5) is 4.79 Å². The Morgan fingerprint density at radius 2 is 1.77 bits per heavy atom. The van der Waals surface area contributed by atoms with Gasteiger partial charge in [0.2, 0.25) is 0 Å². The first-order valence-corrected chi connectivity index (χ1v) is 9.48. The minimum atomic E-state index is -0.501. The number of methoxy groups -OCH3 is 1. The summed E-state index contributed by atoms with van der Waals surface area (Å²) in [6.45, 7) is 5.67. The molecule has 5 heteroatoms. The maximum atomic E-state index is 13.0. The molecule has 0 aromatic heterocycles. The van der Waals surface area contributed by atoms with Gasteiger partial charge in [-0.2, -0.15) is 0 Å². The number of fused-ring (bicyclic) bond motifs is 2. The smallest absolute Gasteiger partial charge is 0.410 e. The lowest BCUT2D eigenvalue weighted by molar-refractivity contribution is -0.0260. The van der Waals surface area contributed by atoms with Gasteiger partial charge in [-0.25, -0.2) is 4.79 Å². The van der Waals surface area contributed by atoms with Crippen molar-refractivity contribution in [3.63, 3.8) is 0 Å². The Bertz CT molecular complexity index is 665. The van der Waals surface area contributed by atoms with Crippen molar-refractivity contribution in [2.45, 2.75) is 70.6 Å². The molecule has 1 aromatic rings. The van der Waals surface area contributed by atoms with Gasteiger partial charge >= 0.3 is 6.09 Å². The Balaban J connectivity index is 1.75. The number of nitrogens with zero attached hydrogens (tertiary/aromatic N) is 1. The van der Waals surface area contributed by atoms with E-state index in [0.29, 0.717) is 24.2 Å². The molecule has 0 saturated carbocycles. The van der Waals surface area contributed by atoms with Crippen molar-refractivity contribution in [1.82, 2.24) is 4.90 Å². The Labute approximate surface area is 155 Å². The van der Waals surface area contributed by atoms with E-state index in [2.05, 4.69) is 0 Å². The molecular weight excluding hydrogens is 330 g/mol. The second-order valence-electron chi connectivity index (χ2n) is 8.39. The van der Waals surface area contributed by atoms with Gasteiger partial charge in [0.15, 0.2) is 5.78 Å². The standard InChI is InChI=1S/C21H29NO4/c1-21(2,3)26-20(24)22-16-8-6-9-17(22)12-15(11-16)19(23)14-7-5-10-18(13-14)25-4/h5,7,10,13,15-17H,6,8-9,11-12H2,1-4H3. The van der Waals surface area contributed by atoms with Crippen molar-refractivity contribution in [2.75, 3.05) is 7.11 Å². The predicted octanol–water partition coefficient (Wildman–Crippen LogP) is 4.45. The average Bonchev–Trinajstić information content (AvgIpc) is 2.58. The average molecular weight is 359 g/mol. The lowest BCUT2D eigenvalue weighted by Crippen LogP contribution is -2.56. The van der Waals surface area contributed by atoms with Crippen LogP contribution in [0, 0.1) is 5.92 Å². The molecule has 1 aromatic carbocycles. The van der Waals surface area contributed by atoms with Gasteiger partial charge in [0.25, 0.3) is 0 Å². The van der Waals surface area contributed by atoms with E-state index >= 15 is 0 Å². The first kappa shape index (κ1) is 18.7. The monoisotopic (exact) mass is 359 g/mol. The summed E-state index contributed by atoms with van der Waals surface area (Å²) in [4.78, 5) is 27.6. The number of ketones is 1. The molecule has 2 saturated heterocycles. The predicted molar refractivity (Wildman–Crippen MR) is 99.5 cm³/mol. The maximum Gasteiger partial charge on any atom is 0.410 e. The second-order valence-corrected chi connectivity index (χ2v) is 8.39. The highest BCUT2D eigenvalue weighted by molar-refractivity contribution is 5.98. The summed E-state index contributed by atoms with van der Waals surface area (Å²) in [7, 11) is 1.60. The van der Waals surface area contributed by atoms with Gasteiger partial charge in [-0.15, -0.1) is 0 Å². The molecule has 0 N–H and O–H groups in total. The van der Waals surface area contributed by atoms with E-state index in [1.54, 1.807) is 13.2 Å². The zero-order valence-electron chi connectivity index (χ0n) is 16.2. The number of piperidine rings is 2. The van der Waals surface area contributed by atoms with Crippen molar-refractivity contribution in [1.29, 1.82) is 0 Å². The third-order valence-corrected chi connectivity index (χ3v) is 5.30. The van der Waals surface area contributed by atoms with E-state index in [4.69, 9.17) is 9.47 Å².